The number of benzene rings is 2. The first kappa shape index (κ1) is 22.8. The van der Waals surface area contributed by atoms with Crippen LogP contribution in [0.15, 0.2) is 54.4 Å². The highest BCUT2D eigenvalue weighted by atomic mass is 32.1. The fraction of sp³-hybridized carbons (Fsp3) is 0.292. The van der Waals surface area contributed by atoms with E-state index in [2.05, 4.69) is 41.2 Å². The molecular formula is C24H28N4O2S. The molecule has 1 amide bonds. The molecule has 0 atom stereocenters. The van der Waals surface area contributed by atoms with Crippen molar-refractivity contribution in [3.63, 3.8) is 0 Å². The molecule has 31 heavy (non-hydrogen) atoms. The topological polar surface area (TPSA) is 74.3 Å². The predicted molar refractivity (Wildman–Crippen MR) is 129 cm³/mol. The number of likely N-dealkylation sites (tertiary alicyclic amines) is 1. The molecule has 1 saturated heterocycles. The molecule has 1 aromatic heterocycles. The Balaban J connectivity index is 0.000000254. The number of thiazole rings is 1. The van der Waals surface area contributed by atoms with E-state index in [9.17, 15) is 9.59 Å². The zero-order valence-electron chi connectivity index (χ0n) is 17.9. The van der Waals surface area contributed by atoms with Crippen LogP contribution in [0.3, 0.4) is 0 Å². The van der Waals surface area contributed by atoms with E-state index in [0.717, 1.165) is 40.0 Å². The maximum absolute atomic E-state index is 11.5. The number of aromatic nitrogens is 1. The normalized spacial score (nSPS) is 14.5. The van der Waals surface area contributed by atoms with Crippen LogP contribution < -0.4 is 10.6 Å². The van der Waals surface area contributed by atoms with Crippen molar-refractivity contribution in [1.29, 1.82) is 0 Å². The highest BCUT2D eigenvalue weighted by molar-refractivity contribution is 7.11. The lowest BCUT2D eigenvalue weighted by Gasteiger charge is -2.28. The number of hydrogen-bond donors (Lipinski definition) is 2. The average molecular weight is 437 g/mol. The van der Waals surface area contributed by atoms with Gasteiger partial charge in [-0.3, -0.25) is 9.59 Å². The van der Waals surface area contributed by atoms with Gasteiger partial charge in [0.05, 0.1) is 5.69 Å². The molecule has 4 rings (SSSR count). The molecular weight excluding hydrogens is 408 g/mol. The maximum Gasteiger partial charge on any atom is 0.247 e. The molecule has 0 unspecified atom stereocenters. The number of carbonyl (C=O) groups is 2. The van der Waals surface area contributed by atoms with E-state index < -0.39 is 0 Å². The monoisotopic (exact) mass is 436 g/mol. The molecule has 1 aliphatic heterocycles. The lowest BCUT2D eigenvalue weighted by Crippen LogP contribution is -2.39. The Bertz CT molecular complexity index is 1050. The molecule has 0 bridgehead atoms. The smallest absolute Gasteiger partial charge is 0.247 e. The summed E-state index contributed by atoms with van der Waals surface area (Å²) in [5, 5.41) is 10.3. The SMILES string of the molecule is C=CC(=O)Nc1cccc2ccc(-c3csc(C=O)n3)cc12.CNC1CCN(C)CC1. The van der Waals surface area contributed by atoms with Gasteiger partial charge in [-0.1, -0.05) is 30.8 Å². The Morgan fingerprint density at radius 2 is 2.03 bits per heavy atom. The Morgan fingerprint density at radius 3 is 2.68 bits per heavy atom. The quantitative estimate of drug-likeness (QED) is 0.463. The molecule has 0 radical (unpaired) electrons. The number of anilines is 1. The van der Waals surface area contributed by atoms with Gasteiger partial charge in [-0.05, 0) is 63.6 Å². The minimum absolute atomic E-state index is 0.255. The molecule has 1 fully saturated rings. The highest BCUT2D eigenvalue weighted by Gasteiger charge is 2.13. The lowest BCUT2D eigenvalue weighted by atomic mass is 10.0. The molecule has 0 aliphatic carbocycles. The highest BCUT2D eigenvalue weighted by Crippen LogP contribution is 2.29. The van der Waals surface area contributed by atoms with E-state index in [1.807, 2.05) is 41.8 Å². The first-order valence-electron chi connectivity index (χ1n) is 10.3. The summed E-state index contributed by atoms with van der Waals surface area (Å²) in [5.74, 6) is -0.255. The van der Waals surface area contributed by atoms with Crippen LogP contribution in [0, 0.1) is 0 Å². The molecule has 3 aromatic rings. The minimum Gasteiger partial charge on any atom is -0.322 e. The van der Waals surface area contributed by atoms with Crippen LogP contribution >= 0.6 is 11.3 Å². The average Bonchev–Trinajstić information content (AvgIpc) is 3.29. The third-order valence-electron chi connectivity index (χ3n) is 5.37. The van der Waals surface area contributed by atoms with E-state index in [1.54, 1.807) is 0 Å². The van der Waals surface area contributed by atoms with Crippen molar-refractivity contribution >= 4 is 40.0 Å². The summed E-state index contributed by atoms with van der Waals surface area (Å²) in [6, 6.07) is 12.3. The Hall–Kier alpha value is -2.87. The standard InChI is InChI=1S/C17H12N2O2S.C7H16N2/c1-2-16(21)18-14-5-3-4-11-6-7-12(8-13(11)14)15-10-22-17(9-20)19-15;1-8-7-3-5-9(2)6-4-7/h2-10H,1H2,(H,18,21);7-8H,3-6H2,1-2H3. The number of nitrogens with one attached hydrogen (secondary N) is 2. The van der Waals surface area contributed by atoms with Crippen LogP contribution in [0.4, 0.5) is 5.69 Å². The van der Waals surface area contributed by atoms with Gasteiger partial charge < -0.3 is 15.5 Å². The summed E-state index contributed by atoms with van der Waals surface area (Å²) in [6.07, 6.45) is 4.60. The van der Waals surface area contributed by atoms with Gasteiger partial charge in [0.2, 0.25) is 5.91 Å². The van der Waals surface area contributed by atoms with Crippen LogP contribution in [0.5, 0.6) is 0 Å². The fourth-order valence-electron chi connectivity index (χ4n) is 3.50. The number of fused-ring (bicyclic) bond motifs is 1. The number of piperidine rings is 1. The molecule has 1 aliphatic rings. The third-order valence-corrected chi connectivity index (χ3v) is 6.14. The van der Waals surface area contributed by atoms with Crippen LogP contribution in [0.25, 0.3) is 22.0 Å². The van der Waals surface area contributed by atoms with Gasteiger partial charge in [-0.2, -0.15) is 0 Å². The van der Waals surface area contributed by atoms with Gasteiger partial charge in [0.1, 0.15) is 0 Å². The molecule has 162 valence electrons. The summed E-state index contributed by atoms with van der Waals surface area (Å²) in [4.78, 5) is 28.9. The van der Waals surface area contributed by atoms with E-state index in [4.69, 9.17) is 0 Å². The summed E-state index contributed by atoms with van der Waals surface area (Å²) < 4.78 is 0. The molecule has 2 aromatic carbocycles. The van der Waals surface area contributed by atoms with Crippen molar-refractivity contribution in [3.05, 3.63) is 59.4 Å². The Morgan fingerprint density at radius 1 is 1.26 bits per heavy atom. The number of nitrogens with zero attached hydrogens (tertiary/aromatic N) is 2. The van der Waals surface area contributed by atoms with Crippen LogP contribution in [0.1, 0.15) is 22.6 Å². The predicted octanol–water partition coefficient (Wildman–Crippen LogP) is 4.20. The van der Waals surface area contributed by atoms with Gasteiger partial charge in [0, 0.05) is 28.1 Å². The van der Waals surface area contributed by atoms with Gasteiger partial charge in [0.15, 0.2) is 11.3 Å². The van der Waals surface area contributed by atoms with E-state index in [-0.39, 0.29) is 5.91 Å². The molecule has 0 spiro atoms. The number of hydrogen-bond acceptors (Lipinski definition) is 6. The second kappa shape index (κ2) is 10.9. The second-order valence-electron chi connectivity index (χ2n) is 7.49. The number of aldehydes is 1. The van der Waals surface area contributed by atoms with Crippen molar-refractivity contribution in [2.75, 3.05) is 32.5 Å². The summed E-state index contributed by atoms with van der Waals surface area (Å²) in [6.45, 7) is 5.97. The van der Waals surface area contributed by atoms with E-state index in [0.29, 0.717) is 5.01 Å². The van der Waals surface area contributed by atoms with Crippen LogP contribution in [-0.2, 0) is 4.79 Å². The minimum atomic E-state index is -0.255. The van der Waals surface area contributed by atoms with Crippen molar-refractivity contribution in [3.8, 4) is 11.3 Å². The zero-order chi connectivity index (χ0) is 22.2. The van der Waals surface area contributed by atoms with Gasteiger partial charge in [-0.15, -0.1) is 11.3 Å². The van der Waals surface area contributed by atoms with Crippen molar-refractivity contribution < 1.29 is 9.59 Å². The maximum atomic E-state index is 11.5. The van der Waals surface area contributed by atoms with Gasteiger partial charge >= 0.3 is 0 Å². The molecule has 2 N–H and O–H groups in total. The van der Waals surface area contributed by atoms with Crippen LogP contribution in [-0.4, -0.2) is 55.3 Å². The fourth-order valence-corrected chi connectivity index (χ4v) is 4.12. The number of rotatable bonds is 5. The Labute approximate surface area is 187 Å². The molecule has 2 heterocycles. The van der Waals surface area contributed by atoms with E-state index >= 15 is 0 Å². The number of amides is 1. The summed E-state index contributed by atoms with van der Waals surface area (Å²) >= 11 is 1.31. The van der Waals surface area contributed by atoms with Gasteiger partial charge in [0.25, 0.3) is 0 Å². The molecule has 7 heteroatoms. The summed E-state index contributed by atoms with van der Waals surface area (Å²) in [5.41, 5.74) is 2.37. The lowest BCUT2D eigenvalue weighted by molar-refractivity contribution is -0.111. The first-order valence-corrected chi connectivity index (χ1v) is 11.1. The van der Waals surface area contributed by atoms with Crippen LogP contribution in [0.2, 0.25) is 0 Å². The second-order valence-corrected chi connectivity index (χ2v) is 8.38. The van der Waals surface area contributed by atoms with E-state index in [1.165, 1.54) is 43.3 Å². The first-order chi connectivity index (χ1) is 15.0. The van der Waals surface area contributed by atoms with Gasteiger partial charge in [-0.25, -0.2) is 4.98 Å². The van der Waals surface area contributed by atoms with Crippen molar-refractivity contribution in [2.24, 2.45) is 0 Å². The molecule has 0 saturated carbocycles. The number of carbonyl (C=O) groups excluding carboxylic acids is 2. The Kier molecular flexibility index (Phi) is 8.06. The van der Waals surface area contributed by atoms with Crippen molar-refractivity contribution in [2.45, 2.75) is 18.9 Å². The largest absolute Gasteiger partial charge is 0.322 e. The third kappa shape index (κ3) is 6.07. The molecule has 6 nitrogen and oxygen atoms in total. The zero-order valence-corrected chi connectivity index (χ0v) is 18.7. The summed E-state index contributed by atoms with van der Waals surface area (Å²) in [7, 11) is 4.24. The van der Waals surface area contributed by atoms with Crippen molar-refractivity contribution in [1.82, 2.24) is 15.2 Å².